The maximum atomic E-state index is 12.4. The molecule has 0 aliphatic heterocycles. The minimum atomic E-state index is -3.86. The van der Waals surface area contributed by atoms with Gasteiger partial charge >= 0.3 is 5.38 Å². The largest absolute Gasteiger partial charge is 0.380 e. The number of rotatable bonds is 3. The Balaban J connectivity index is 2.87. The average molecular weight is 273 g/mol. The summed E-state index contributed by atoms with van der Waals surface area (Å²) in [5.74, 6) is -1.40. The van der Waals surface area contributed by atoms with E-state index < -0.39 is 17.6 Å². The van der Waals surface area contributed by atoms with Crippen molar-refractivity contribution in [2.24, 2.45) is 0 Å². The SMILES string of the molecule is O=C(Cc1ccc(Cl)cc1Cl)C(F)(F)Cl. The molecular weight excluding hydrogens is 268 g/mol. The monoisotopic (exact) mass is 272 g/mol. The predicted octanol–water partition coefficient (Wildman–Crippen LogP) is 3.94. The van der Waals surface area contributed by atoms with Crippen molar-refractivity contribution in [3.63, 3.8) is 0 Å². The van der Waals surface area contributed by atoms with Gasteiger partial charge in [0.1, 0.15) is 0 Å². The van der Waals surface area contributed by atoms with Crippen molar-refractivity contribution in [2.75, 3.05) is 0 Å². The van der Waals surface area contributed by atoms with Gasteiger partial charge in [0.25, 0.3) is 0 Å². The molecule has 1 aromatic carbocycles. The fourth-order valence-electron chi connectivity index (χ4n) is 0.938. The number of carbonyl (C=O) groups excluding carboxylic acids is 1. The van der Waals surface area contributed by atoms with Crippen LogP contribution in [0.5, 0.6) is 0 Å². The third-order valence-electron chi connectivity index (χ3n) is 1.68. The molecule has 0 aromatic heterocycles. The van der Waals surface area contributed by atoms with Crippen molar-refractivity contribution in [3.8, 4) is 0 Å². The van der Waals surface area contributed by atoms with Gasteiger partial charge < -0.3 is 0 Å². The molecule has 0 aliphatic carbocycles. The van der Waals surface area contributed by atoms with Gasteiger partial charge in [-0.05, 0) is 29.3 Å². The second-order valence-electron chi connectivity index (χ2n) is 2.83. The van der Waals surface area contributed by atoms with Gasteiger partial charge in [0.2, 0.25) is 5.78 Å². The first kappa shape index (κ1) is 12.7. The highest BCUT2D eigenvalue weighted by Crippen LogP contribution is 2.26. The van der Waals surface area contributed by atoms with E-state index in [1.807, 2.05) is 0 Å². The summed E-state index contributed by atoms with van der Waals surface area (Å²) in [7, 11) is 0. The summed E-state index contributed by atoms with van der Waals surface area (Å²) in [4.78, 5) is 10.9. The zero-order chi connectivity index (χ0) is 11.6. The lowest BCUT2D eigenvalue weighted by Crippen LogP contribution is -2.23. The van der Waals surface area contributed by atoms with Crippen molar-refractivity contribution in [1.82, 2.24) is 0 Å². The molecule has 1 rings (SSSR count). The zero-order valence-corrected chi connectivity index (χ0v) is 9.51. The topological polar surface area (TPSA) is 17.1 Å². The molecule has 0 saturated carbocycles. The first-order chi connectivity index (χ1) is 6.80. The second-order valence-corrected chi connectivity index (χ2v) is 4.15. The Bertz CT molecular complexity index is 387. The Hall–Kier alpha value is -0.380. The number of Topliss-reactive ketones (excluding diaryl/α,β-unsaturated/α-hetero) is 1. The Morgan fingerprint density at radius 2 is 1.93 bits per heavy atom. The zero-order valence-electron chi connectivity index (χ0n) is 7.24. The van der Waals surface area contributed by atoms with Crippen LogP contribution in [0.4, 0.5) is 8.78 Å². The predicted molar refractivity (Wildman–Crippen MR) is 56.0 cm³/mol. The summed E-state index contributed by atoms with van der Waals surface area (Å²) in [6.45, 7) is 0. The number of ketones is 1. The second kappa shape index (κ2) is 4.64. The maximum absolute atomic E-state index is 12.4. The number of alkyl halides is 3. The Labute approximate surface area is 99.9 Å². The van der Waals surface area contributed by atoms with E-state index in [1.165, 1.54) is 18.2 Å². The van der Waals surface area contributed by atoms with Crippen LogP contribution in [0, 0.1) is 0 Å². The van der Waals surface area contributed by atoms with Crippen LogP contribution in [-0.2, 0) is 11.2 Å². The van der Waals surface area contributed by atoms with Crippen LogP contribution in [-0.4, -0.2) is 11.2 Å². The third kappa shape index (κ3) is 3.59. The van der Waals surface area contributed by atoms with Gasteiger partial charge in [0.05, 0.1) is 0 Å². The van der Waals surface area contributed by atoms with Gasteiger partial charge in [-0.3, -0.25) is 4.79 Å². The van der Waals surface area contributed by atoms with Gasteiger partial charge in [-0.1, -0.05) is 29.3 Å². The molecule has 6 heteroatoms. The molecule has 0 unspecified atom stereocenters. The van der Waals surface area contributed by atoms with E-state index >= 15 is 0 Å². The molecular formula is C9H5Cl3F2O. The van der Waals surface area contributed by atoms with Gasteiger partial charge in [0.15, 0.2) is 0 Å². The number of hydrogen-bond donors (Lipinski definition) is 0. The highest BCUT2D eigenvalue weighted by Gasteiger charge is 2.35. The van der Waals surface area contributed by atoms with Gasteiger partial charge in [-0.25, -0.2) is 0 Å². The van der Waals surface area contributed by atoms with Crippen LogP contribution in [0.2, 0.25) is 10.0 Å². The van der Waals surface area contributed by atoms with Crippen LogP contribution < -0.4 is 0 Å². The van der Waals surface area contributed by atoms with E-state index in [9.17, 15) is 13.6 Å². The van der Waals surface area contributed by atoms with Crippen LogP contribution in [0.25, 0.3) is 0 Å². The molecule has 0 amide bonds. The first-order valence-electron chi connectivity index (χ1n) is 3.84. The summed E-state index contributed by atoms with van der Waals surface area (Å²) in [5.41, 5.74) is 0.270. The lowest BCUT2D eigenvalue weighted by Gasteiger charge is -2.07. The van der Waals surface area contributed by atoms with E-state index in [0.717, 1.165) is 0 Å². The quantitative estimate of drug-likeness (QED) is 0.763. The van der Waals surface area contributed by atoms with E-state index in [2.05, 4.69) is 11.6 Å². The summed E-state index contributed by atoms with van der Waals surface area (Å²) in [5, 5.41) is -3.33. The summed E-state index contributed by atoms with van der Waals surface area (Å²) >= 11 is 15.9. The average Bonchev–Trinajstić information content (AvgIpc) is 2.08. The number of benzene rings is 1. The Morgan fingerprint density at radius 1 is 1.33 bits per heavy atom. The normalized spacial score (nSPS) is 11.5. The Morgan fingerprint density at radius 3 is 2.40 bits per heavy atom. The summed E-state index contributed by atoms with van der Waals surface area (Å²) < 4.78 is 24.7. The van der Waals surface area contributed by atoms with Crippen molar-refractivity contribution in [1.29, 1.82) is 0 Å². The lowest BCUT2D eigenvalue weighted by atomic mass is 10.1. The molecule has 0 radical (unpaired) electrons. The van der Waals surface area contributed by atoms with E-state index in [-0.39, 0.29) is 10.6 Å². The molecule has 0 aliphatic rings. The van der Waals surface area contributed by atoms with Gasteiger partial charge in [-0.2, -0.15) is 8.78 Å². The third-order valence-corrected chi connectivity index (χ3v) is 2.48. The minimum absolute atomic E-state index is 0.164. The van der Waals surface area contributed by atoms with E-state index in [4.69, 9.17) is 23.2 Å². The molecule has 0 heterocycles. The van der Waals surface area contributed by atoms with Crippen LogP contribution >= 0.6 is 34.8 Å². The van der Waals surface area contributed by atoms with Crippen molar-refractivity contribution >= 4 is 40.6 Å². The number of hydrogen-bond acceptors (Lipinski definition) is 1. The molecule has 0 bridgehead atoms. The van der Waals surface area contributed by atoms with E-state index in [0.29, 0.717) is 5.02 Å². The highest BCUT2D eigenvalue weighted by molar-refractivity contribution is 6.36. The number of halogens is 5. The molecule has 0 saturated heterocycles. The lowest BCUT2D eigenvalue weighted by molar-refractivity contribution is -0.132. The van der Waals surface area contributed by atoms with Crippen LogP contribution in [0.1, 0.15) is 5.56 Å². The van der Waals surface area contributed by atoms with Crippen molar-refractivity contribution in [2.45, 2.75) is 11.8 Å². The van der Waals surface area contributed by atoms with E-state index in [1.54, 1.807) is 0 Å². The molecule has 0 N–H and O–H groups in total. The van der Waals surface area contributed by atoms with Crippen molar-refractivity contribution < 1.29 is 13.6 Å². The summed E-state index contributed by atoms with van der Waals surface area (Å²) in [6, 6.07) is 4.24. The highest BCUT2D eigenvalue weighted by atomic mass is 35.5. The Kier molecular flexibility index (Phi) is 3.93. The summed E-state index contributed by atoms with van der Waals surface area (Å²) in [6.07, 6.45) is -0.521. The first-order valence-corrected chi connectivity index (χ1v) is 4.98. The molecule has 1 aromatic rings. The smallest absolute Gasteiger partial charge is 0.291 e. The standard InChI is InChI=1S/C9H5Cl3F2O/c10-6-2-1-5(7(11)4-6)3-8(15)9(12,13)14/h1-2,4H,3H2. The fraction of sp³-hybridized carbons (Fsp3) is 0.222. The van der Waals surface area contributed by atoms with Crippen molar-refractivity contribution in [3.05, 3.63) is 33.8 Å². The fourth-order valence-corrected chi connectivity index (χ4v) is 1.48. The van der Waals surface area contributed by atoms with Gasteiger partial charge in [0, 0.05) is 16.5 Å². The van der Waals surface area contributed by atoms with Crippen LogP contribution in [0.3, 0.4) is 0 Å². The molecule has 1 nitrogen and oxygen atoms in total. The molecule has 0 atom stereocenters. The maximum Gasteiger partial charge on any atom is 0.380 e. The molecule has 15 heavy (non-hydrogen) atoms. The number of carbonyl (C=O) groups is 1. The molecule has 82 valence electrons. The van der Waals surface area contributed by atoms with Crippen LogP contribution in [0.15, 0.2) is 18.2 Å². The minimum Gasteiger partial charge on any atom is -0.291 e. The van der Waals surface area contributed by atoms with Gasteiger partial charge in [-0.15, -0.1) is 0 Å². The molecule has 0 spiro atoms. The molecule has 0 fully saturated rings.